The lowest BCUT2D eigenvalue weighted by molar-refractivity contribution is -0.191. The van der Waals surface area contributed by atoms with Crippen molar-refractivity contribution in [2.45, 2.75) is 215 Å². The summed E-state index contributed by atoms with van der Waals surface area (Å²) in [6.45, 7) is 16.7. The normalized spacial score (nSPS) is 15.5. The van der Waals surface area contributed by atoms with Crippen LogP contribution in [0.4, 0.5) is 27.2 Å². The largest absolute Gasteiger partial charge is 0.481 e. The number of ether oxygens (including phenoxy) is 4. The quantitative estimate of drug-likeness (QED) is 0.0654. The van der Waals surface area contributed by atoms with Crippen molar-refractivity contribution >= 4 is 41.9 Å². The average Bonchev–Trinajstić information content (AvgIpc) is 2.04. The van der Waals surface area contributed by atoms with Gasteiger partial charge in [0.1, 0.15) is 47.7 Å². The highest BCUT2D eigenvalue weighted by Crippen LogP contribution is 2.31. The highest BCUT2D eigenvalue weighted by molar-refractivity contribution is 6.06. The van der Waals surface area contributed by atoms with Crippen molar-refractivity contribution in [2.75, 3.05) is 27.2 Å². The minimum atomic E-state index is -2.16. The van der Waals surface area contributed by atoms with Crippen LogP contribution in [-0.4, -0.2) is 136 Å². The van der Waals surface area contributed by atoms with Crippen LogP contribution < -0.4 is 9.47 Å². The molecule has 4 aromatic rings. The van der Waals surface area contributed by atoms with Gasteiger partial charge < -0.3 is 44.1 Å². The van der Waals surface area contributed by atoms with Crippen molar-refractivity contribution in [3.63, 3.8) is 0 Å². The van der Waals surface area contributed by atoms with E-state index in [-0.39, 0.29) is 50.4 Å². The number of carboxylic acids is 2. The lowest BCUT2D eigenvalue weighted by Crippen LogP contribution is -2.37. The lowest BCUT2D eigenvalue weighted by Gasteiger charge is -2.24. The fraction of sp³-hybridized carbons (Fsp3) is 0.615. The second kappa shape index (κ2) is 36.9. The highest BCUT2D eigenvalue weighted by atomic mass is 19.1. The molecule has 3 fully saturated rings. The van der Waals surface area contributed by atoms with E-state index in [4.69, 9.17) is 43.9 Å². The molecule has 0 radical (unpaired) electrons. The molecule has 3 N–H and O–H groups in total. The van der Waals surface area contributed by atoms with Crippen molar-refractivity contribution < 1.29 is 85.4 Å². The maximum Gasteiger partial charge on any atom is 0.410 e. The van der Waals surface area contributed by atoms with Crippen LogP contribution in [-0.2, 0) is 72.7 Å². The number of carboxylic acid groups (broad SMARTS) is 2. The summed E-state index contributed by atoms with van der Waals surface area (Å²) in [4.78, 5) is 75.3. The van der Waals surface area contributed by atoms with E-state index < -0.39 is 70.6 Å². The number of carbonyl (C=O) groups excluding carboxylic acids is 5. The molecular formula is C65H94F4N8O14. The number of amides is 3. The molecule has 22 nitrogen and oxygen atoms in total. The maximum atomic E-state index is 14.0. The van der Waals surface area contributed by atoms with Crippen molar-refractivity contribution in [1.29, 1.82) is 0 Å². The molecular weight excluding hydrogens is 1190 g/mol. The van der Waals surface area contributed by atoms with E-state index >= 15 is 0 Å². The molecule has 2 aromatic carbocycles. The van der Waals surface area contributed by atoms with Crippen molar-refractivity contribution in [3.8, 4) is 11.8 Å². The molecule has 26 heteroatoms. The van der Waals surface area contributed by atoms with Crippen LogP contribution in [0.25, 0.3) is 0 Å². The Balaban J connectivity index is 0.000000327. The summed E-state index contributed by atoms with van der Waals surface area (Å²) >= 11 is 0. The van der Waals surface area contributed by atoms with E-state index in [1.807, 2.05) is 52.3 Å². The molecule has 1 unspecified atom stereocenters. The number of rotatable bonds is 21. The average molecular weight is 1290 g/mol. The summed E-state index contributed by atoms with van der Waals surface area (Å²) in [6.07, 6.45) is 15.4. The van der Waals surface area contributed by atoms with Crippen LogP contribution >= 0.6 is 0 Å². The van der Waals surface area contributed by atoms with Gasteiger partial charge in [-0.2, -0.15) is 24.9 Å². The van der Waals surface area contributed by atoms with Crippen LogP contribution in [0.1, 0.15) is 182 Å². The molecule has 0 spiro atoms. The van der Waals surface area contributed by atoms with Crippen molar-refractivity contribution in [2.24, 2.45) is 22.9 Å². The fourth-order valence-corrected chi connectivity index (χ4v) is 10.2. The standard InChI is InChI=1S/C23H31F2N3O3.C19H24F2N2O.C16H27N3O3.C5H8O5.CO2.CH4/c1-23(2,3)31-22(29)27(4)14-19-12-21(28(26-19)13-16-7-5-6-8-16)30-15-17-11-18(24)9-10-20(17)25;1-2-5-17-11-19(23(22-17)12-14-6-3-4-7-14)24-13-15-10-16(20)8-9-18(15)21;1-16(2,3)22-15(21)18(4)11-13-9-14(20)19(17-13)10-12-7-5-6-8-12;1-5(10,4(8)9)2-3(6)7;2-1-3;/h9-12,16H,5-8,13-15H2,1-4H3;8-11,14H,2-7,12-13H2,1H3;12H,5-11H2,1-4H3;10H,2H2,1H3,(H,6,7)(H,8,9);;1H4. The van der Waals surface area contributed by atoms with Gasteiger partial charge >= 0.3 is 30.3 Å². The first-order valence-electron chi connectivity index (χ1n) is 30.5. The Morgan fingerprint density at radius 3 is 1.42 bits per heavy atom. The first-order chi connectivity index (χ1) is 42.3. The third-order valence-electron chi connectivity index (χ3n) is 14.7. The number of aromatic nitrogens is 4. The number of halogens is 4. The predicted molar refractivity (Wildman–Crippen MR) is 328 cm³/mol. The Labute approximate surface area is 531 Å². The number of carbonyl (C=O) groups is 5. The Hall–Kier alpha value is -7.86. The van der Waals surface area contributed by atoms with E-state index in [1.54, 1.807) is 29.9 Å². The summed E-state index contributed by atoms with van der Waals surface area (Å²) in [5, 5.41) is 40.3. The lowest BCUT2D eigenvalue weighted by atomic mass is 10.0. The molecule has 0 saturated heterocycles. The summed E-state index contributed by atoms with van der Waals surface area (Å²) < 4.78 is 80.5. The van der Waals surface area contributed by atoms with Crippen LogP contribution in [0.5, 0.6) is 11.8 Å². The van der Waals surface area contributed by atoms with Gasteiger partial charge in [0.05, 0.1) is 43.0 Å². The van der Waals surface area contributed by atoms with Crippen LogP contribution in [0, 0.1) is 41.0 Å². The Morgan fingerprint density at radius 2 is 1.03 bits per heavy atom. The summed E-state index contributed by atoms with van der Waals surface area (Å²) in [7, 11) is 3.31. The van der Waals surface area contributed by atoms with Crippen LogP contribution in [0.3, 0.4) is 0 Å². The molecule has 1 aliphatic heterocycles. The molecule has 3 saturated carbocycles. The monoisotopic (exact) mass is 1290 g/mol. The number of aliphatic carboxylic acids is 2. The first-order valence-corrected chi connectivity index (χ1v) is 30.5. The minimum Gasteiger partial charge on any atom is -0.481 e. The maximum absolute atomic E-state index is 14.0. The third-order valence-corrected chi connectivity index (χ3v) is 14.7. The predicted octanol–water partition coefficient (Wildman–Crippen LogP) is 12.2. The second-order valence-electron chi connectivity index (χ2n) is 25.3. The van der Waals surface area contributed by atoms with Gasteiger partial charge in [-0.1, -0.05) is 59.3 Å². The van der Waals surface area contributed by atoms with E-state index in [1.165, 1.54) is 80.1 Å². The van der Waals surface area contributed by atoms with Gasteiger partial charge in [0, 0.05) is 57.0 Å². The van der Waals surface area contributed by atoms with Gasteiger partial charge in [-0.05, 0) is 148 Å². The molecule has 1 atom stereocenters. The molecule has 3 heterocycles. The number of hydrogen-bond donors (Lipinski definition) is 3. The highest BCUT2D eigenvalue weighted by Gasteiger charge is 2.33. The second-order valence-corrected chi connectivity index (χ2v) is 25.3. The number of nitrogens with zero attached hydrogens (tertiary/aromatic N) is 8. The molecule has 3 amide bonds. The van der Waals surface area contributed by atoms with E-state index in [9.17, 15) is 41.5 Å². The zero-order valence-electron chi connectivity index (χ0n) is 53.5. The van der Waals surface area contributed by atoms with Crippen LogP contribution in [0.2, 0.25) is 0 Å². The smallest absolute Gasteiger partial charge is 0.410 e. The SMILES string of the molecule is C.CC(O)(CC(=O)O)C(=O)O.CCCc1cc(OCc2cc(F)ccc2F)n(CC2CCCC2)n1.CN(CC1=NN(CC2CCCC2)C(=O)C1)C(=O)OC(C)(C)C.CN(Cc1cc(OCc2cc(F)ccc2F)n(CC2CCCC2)n1)C(=O)OC(C)(C)C.O=C=O. The van der Waals surface area contributed by atoms with Crippen molar-refractivity contribution in [3.05, 3.63) is 94.3 Å². The third kappa shape index (κ3) is 28.0. The van der Waals surface area contributed by atoms with Gasteiger partial charge in [0.2, 0.25) is 17.7 Å². The fourth-order valence-electron chi connectivity index (χ4n) is 10.2. The minimum absolute atomic E-state index is 0. The van der Waals surface area contributed by atoms with Gasteiger partial charge in [0.15, 0.2) is 5.60 Å². The van der Waals surface area contributed by atoms with E-state index in [0.29, 0.717) is 54.7 Å². The summed E-state index contributed by atoms with van der Waals surface area (Å²) in [6, 6.07) is 10.4. The van der Waals surface area contributed by atoms with Gasteiger partial charge in [-0.3, -0.25) is 9.59 Å². The summed E-state index contributed by atoms with van der Waals surface area (Å²) in [5.74, 6) is -1.94. The van der Waals surface area contributed by atoms with E-state index in [2.05, 4.69) is 22.2 Å². The zero-order chi connectivity index (χ0) is 66.9. The van der Waals surface area contributed by atoms with Crippen molar-refractivity contribution in [1.82, 2.24) is 34.4 Å². The van der Waals surface area contributed by atoms with Gasteiger partial charge in [0.25, 0.3) is 0 Å². The molecule has 506 valence electrons. The summed E-state index contributed by atoms with van der Waals surface area (Å²) in [5.41, 5.74) is -0.542. The molecule has 3 aliphatic carbocycles. The van der Waals surface area contributed by atoms with Gasteiger partial charge in [-0.25, -0.2) is 46.3 Å². The molecule has 0 bridgehead atoms. The zero-order valence-corrected chi connectivity index (χ0v) is 53.5. The number of hydrazone groups is 1. The molecule has 8 rings (SSSR count). The van der Waals surface area contributed by atoms with E-state index in [0.717, 1.165) is 87.4 Å². The van der Waals surface area contributed by atoms with Gasteiger partial charge in [-0.15, -0.1) is 0 Å². The topological polar surface area (TPSA) is 275 Å². The van der Waals surface area contributed by atoms with Crippen LogP contribution in [0.15, 0.2) is 53.6 Å². The Bertz CT molecular complexity index is 3040. The number of hydrogen-bond acceptors (Lipinski definition) is 15. The Morgan fingerprint density at radius 1 is 0.637 bits per heavy atom. The Kier molecular flexibility index (Phi) is 31.3. The first kappa shape index (κ1) is 77.4. The molecule has 4 aliphatic rings. The number of benzene rings is 2. The number of aliphatic hydroxyl groups is 1. The molecule has 2 aromatic heterocycles. The molecule has 91 heavy (non-hydrogen) atoms. The number of aryl methyl sites for hydroxylation is 1.